The van der Waals surface area contributed by atoms with Crippen LogP contribution in [0.15, 0.2) is 68.7 Å². The molecule has 0 aliphatic carbocycles. The first-order valence-corrected chi connectivity index (χ1v) is 9.75. The highest BCUT2D eigenvalue weighted by Crippen LogP contribution is 2.29. The molecule has 0 amide bonds. The zero-order valence-corrected chi connectivity index (χ0v) is 16.4. The standard InChI is InChI=1S/C19H17FN6O3S/c20-7-12(8-21)9-26-19(28)25(11-22-26)10-15-5-6-16(30-15)13-1-3-14(4-2-13)17-23-18(27)29-24-17/h1-7,11H,8-10,21H2,(H,23,24,27)/b12-7+. The molecular weight excluding hydrogens is 411 g/mol. The number of thiophene rings is 1. The Bertz CT molecular complexity index is 1290. The average molecular weight is 428 g/mol. The summed E-state index contributed by atoms with van der Waals surface area (Å²) in [6, 6.07) is 11.4. The molecule has 3 aromatic heterocycles. The van der Waals surface area contributed by atoms with Gasteiger partial charge in [-0.1, -0.05) is 29.4 Å². The molecule has 4 rings (SSSR count). The Labute approximate surface area is 172 Å². The average Bonchev–Trinajstić information content (AvgIpc) is 3.49. The quantitative estimate of drug-likeness (QED) is 0.464. The van der Waals surface area contributed by atoms with E-state index < -0.39 is 5.76 Å². The maximum Gasteiger partial charge on any atom is 0.439 e. The molecule has 0 saturated heterocycles. The van der Waals surface area contributed by atoms with E-state index in [-0.39, 0.29) is 18.8 Å². The first kappa shape index (κ1) is 19.7. The highest BCUT2D eigenvalue weighted by Gasteiger charge is 2.10. The lowest BCUT2D eigenvalue weighted by Gasteiger charge is -2.01. The van der Waals surface area contributed by atoms with E-state index in [2.05, 4.69) is 19.8 Å². The van der Waals surface area contributed by atoms with Crippen molar-refractivity contribution in [2.45, 2.75) is 13.1 Å². The molecule has 3 N–H and O–H groups in total. The molecule has 154 valence electrons. The van der Waals surface area contributed by atoms with Gasteiger partial charge in [-0.05, 0) is 23.3 Å². The van der Waals surface area contributed by atoms with Gasteiger partial charge in [-0.25, -0.2) is 18.7 Å². The molecule has 1 aromatic carbocycles. The summed E-state index contributed by atoms with van der Waals surface area (Å²) in [7, 11) is 0. The van der Waals surface area contributed by atoms with Crippen molar-refractivity contribution in [1.29, 1.82) is 0 Å². The van der Waals surface area contributed by atoms with E-state index in [9.17, 15) is 14.0 Å². The predicted molar refractivity (Wildman–Crippen MR) is 110 cm³/mol. The number of rotatable bonds is 7. The molecule has 0 atom stereocenters. The topological polar surface area (TPSA) is 125 Å². The zero-order valence-electron chi connectivity index (χ0n) is 15.6. The van der Waals surface area contributed by atoms with E-state index >= 15 is 0 Å². The summed E-state index contributed by atoms with van der Waals surface area (Å²) in [5.41, 5.74) is 7.12. The maximum atomic E-state index is 12.7. The Morgan fingerprint density at radius 1 is 1.20 bits per heavy atom. The van der Waals surface area contributed by atoms with Crippen molar-refractivity contribution < 1.29 is 8.91 Å². The van der Waals surface area contributed by atoms with Gasteiger partial charge in [0.25, 0.3) is 0 Å². The zero-order chi connectivity index (χ0) is 21.1. The van der Waals surface area contributed by atoms with E-state index in [1.165, 1.54) is 15.6 Å². The Morgan fingerprint density at radius 2 is 1.97 bits per heavy atom. The molecule has 30 heavy (non-hydrogen) atoms. The summed E-state index contributed by atoms with van der Waals surface area (Å²) in [5.74, 6) is -0.231. The Kier molecular flexibility index (Phi) is 5.55. The van der Waals surface area contributed by atoms with E-state index in [0.29, 0.717) is 24.3 Å². The molecular formula is C19H17FN6O3S. The van der Waals surface area contributed by atoms with Crippen LogP contribution < -0.4 is 17.2 Å². The van der Waals surface area contributed by atoms with Crippen molar-refractivity contribution in [3.8, 4) is 21.8 Å². The second-order valence-corrected chi connectivity index (χ2v) is 7.63. The van der Waals surface area contributed by atoms with Gasteiger partial charge in [0.1, 0.15) is 6.33 Å². The highest BCUT2D eigenvalue weighted by atomic mass is 32.1. The van der Waals surface area contributed by atoms with Crippen LogP contribution >= 0.6 is 11.3 Å². The molecule has 0 radical (unpaired) electrons. The number of H-pyrrole nitrogens is 1. The van der Waals surface area contributed by atoms with E-state index in [1.54, 1.807) is 11.3 Å². The molecule has 9 nitrogen and oxygen atoms in total. The van der Waals surface area contributed by atoms with Gasteiger partial charge < -0.3 is 5.73 Å². The number of aromatic amines is 1. The third-order valence-electron chi connectivity index (χ3n) is 4.44. The monoisotopic (exact) mass is 428 g/mol. The molecule has 0 saturated carbocycles. The van der Waals surface area contributed by atoms with Gasteiger partial charge in [0, 0.05) is 21.9 Å². The summed E-state index contributed by atoms with van der Waals surface area (Å²) in [6.07, 6.45) is 1.84. The number of nitrogens with one attached hydrogen (secondary N) is 1. The smallest absolute Gasteiger partial charge is 0.327 e. The molecule has 0 spiro atoms. The van der Waals surface area contributed by atoms with Gasteiger partial charge in [0.2, 0.25) is 0 Å². The van der Waals surface area contributed by atoms with Gasteiger partial charge >= 0.3 is 11.4 Å². The largest absolute Gasteiger partial charge is 0.439 e. The molecule has 0 aliphatic heterocycles. The Balaban J connectivity index is 1.49. The van der Waals surface area contributed by atoms with Crippen molar-refractivity contribution >= 4 is 11.3 Å². The van der Waals surface area contributed by atoms with Crippen molar-refractivity contribution in [2.75, 3.05) is 6.54 Å². The predicted octanol–water partition coefficient (Wildman–Crippen LogP) is 1.98. The second-order valence-electron chi connectivity index (χ2n) is 6.46. The van der Waals surface area contributed by atoms with Gasteiger partial charge in [-0.3, -0.25) is 14.1 Å². The van der Waals surface area contributed by atoms with Gasteiger partial charge in [0.05, 0.1) is 19.4 Å². The number of nitrogens with two attached hydrogens (primary N) is 1. The minimum absolute atomic E-state index is 0.0234. The maximum absolute atomic E-state index is 12.7. The van der Waals surface area contributed by atoms with Gasteiger partial charge in [0.15, 0.2) is 5.82 Å². The van der Waals surface area contributed by atoms with Crippen molar-refractivity contribution in [3.63, 3.8) is 0 Å². The van der Waals surface area contributed by atoms with Crippen molar-refractivity contribution in [3.05, 3.63) is 80.5 Å². The molecule has 3 heterocycles. The Hall–Kier alpha value is -3.57. The molecule has 4 aromatic rings. The van der Waals surface area contributed by atoms with Crippen LogP contribution in [0.5, 0.6) is 0 Å². The minimum atomic E-state index is -0.601. The fourth-order valence-electron chi connectivity index (χ4n) is 2.86. The first-order valence-electron chi connectivity index (χ1n) is 8.93. The third-order valence-corrected chi connectivity index (χ3v) is 5.56. The normalized spacial score (nSPS) is 11.9. The molecule has 0 aliphatic rings. The van der Waals surface area contributed by atoms with Crippen LogP contribution in [0, 0.1) is 0 Å². The number of hydrogen-bond donors (Lipinski definition) is 2. The summed E-state index contributed by atoms with van der Waals surface area (Å²) >= 11 is 1.55. The van der Waals surface area contributed by atoms with Crippen LogP contribution in [0.25, 0.3) is 21.8 Å². The summed E-state index contributed by atoms with van der Waals surface area (Å²) < 4.78 is 19.9. The third kappa shape index (κ3) is 4.07. The lowest BCUT2D eigenvalue weighted by atomic mass is 10.1. The fraction of sp³-hybridized carbons (Fsp3) is 0.158. The Morgan fingerprint density at radius 3 is 2.63 bits per heavy atom. The highest BCUT2D eigenvalue weighted by molar-refractivity contribution is 7.15. The lowest BCUT2D eigenvalue weighted by Crippen LogP contribution is -2.26. The fourth-order valence-corrected chi connectivity index (χ4v) is 3.87. The number of aromatic nitrogens is 5. The number of halogens is 1. The van der Waals surface area contributed by atoms with Crippen molar-refractivity contribution in [2.24, 2.45) is 5.73 Å². The number of hydrogen-bond acceptors (Lipinski definition) is 7. The molecule has 0 fully saturated rings. The van der Waals surface area contributed by atoms with Gasteiger partial charge in [-0.2, -0.15) is 5.10 Å². The molecule has 0 unspecified atom stereocenters. The summed E-state index contributed by atoms with van der Waals surface area (Å²) in [5, 5.41) is 7.69. The molecule has 0 bridgehead atoms. The summed E-state index contributed by atoms with van der Waals surface area (Å²) in [4.78, 5) is 28.0. The molecule has 11 heteroatoms. The first-order chi connectivity index (χ1) is 14.6. The van der Waals surface area contributed by atoms with E-state index in [0.717, 1.165) is 20.9 Å². The van der Waals surface area contributed by atoms with Crippen LogP contribution in [0.1, 0.15) is 4.88 Å². The van der Waals surface area contributed by atoms with Crippen LogP contribution in [0.4, 0.5) is 4.39 Å². The van der Waals surface area contributed by atoms with Gasteiger partial charge in [-0.15, -0.1) is 11.3 Å². The van der Waals surface area contributed by atoms with Crippen LogP contribution in [0.2, 0.25) is 0 Å². The van der Waals surface area contributed by atoms with Crippen LogP contribution in [-0.2, 0) is 13.1 Å². The van der Waals surface area contributed by atoms with Crippen LogP contribution in [-0.4, -0.2) is 31.0 Å². The number of nitrogens with zero attached hydrogens (tertiary/aromatic N) is 4. The SMILES string of the molecule is NC/C(=C\F)Cn1ncn(Cc2ccc(-c3ccc(-c4noc(=O)[nH]4)cc3)s2)c1=O. The van der Waals surface area contributed by atoms with E-state index in [1.807, 2.05) is 36.4 Å². The lowest BCUT2D eigenvalue weighted by molar-refractivity contribution is 0.388. The summed E-state index contributed by atoms with van der Waals surface area (Å²) in [6.45, 7) is 0.409. The van der Waals surface area contributed by atoms with Crippen LogP contribution in [0.3, 0.4) is 0 Å². The second kappa shape index (κ2) is 8.43. The van der Waals surface area contributed by atoms with E-state index in [4.69, 9.17) is 5.73 Å². The number of benzene rings is 1. The van der Waals surface area contributed by atoms with Crippen molar-refractivity contribution in [1.82, 2.24) is 24.5 Å². The minimum Gasteiger partial charge on any atom is -0.327 e.